The highest BCUT2D eigenvalue weighted by molar-refractivity contribution is 7.99. The largest absolute Gasteiger partial charge is 0.393 e. The first kappa shape index (κ1) is 28.3. The number of hydrogen-bond acceptors (Lipinski definition) is 5. The summed E-state index contributed by atoms with van der Waals surface area (Å²) in [6, 6.07) is 23.6. The van der Waals surface area contributed by atoms with Gasteiger partial charge in [-0.15, -0.1) is 11.8 Å². The number of nitrogens with zero attached hydrogens (tertiary/aromatic N) is 1. The Hall–Kier alpha value is -2.73. The van der Waals surface area contributed by atoms with Gasteiger partial charge in [-0.1, -0.05) is 92.2 Å². The Morgan fingerprint density at radius 2 is 1.67 bits per heavy atom. The van der Waals surface area contributed by atoms with Crippen molar-refractivity contribution in [1.29, 1.82) is 0 Å². The van der Waals surface area contributed by atoms with Gasteiger partial charge in [0.05, 0.1) is 11.5 Å². The van der Waals surface area contributed by atoms with Crippen LogP contribution in [0.2, 0.25) is 0 Å². The first-order valence-electron chi connectivity index (χ1n) is 17.7. The molecule has 3 saturated carbocycles. The molecule has 5 fully saturated rings. The van der Waals surface area contributed by atoms with Crippen molar-refractivity contribution in [2.75, 3.05) is 11.6 Å². The van der Waals surface area contributed by atoms with Crippen molar-refractivity contribution in [3.05, 3.63) is 95.1 Å². The molecule has 10 rings (SSSR count). The molecule has 5 aliphatic carbocycles. The number of carbonyl (C=O) groups excluding carboxylic acids is 2. The summed E-state index contributed by atoms with van der Waals surface area (Å²) in [5.74, 6) is 3.37. The molecule has 7 aliphatic rings. The number of rotatable bonds is 1. The van der Waals surface area contributed by atoms with Crippen LogP contribution in [0.5, 0.6) is 0 Å². The fourth-order valence-corrected chi connectivity index (χ4v) is 14.4. The molecule has 5 heteroatoms. The lowest BCUT2D eigenvalue weighted by Crippen LogP contribution is -2.58. The van der Waals surface area contributed by atoms with E-state index in [0.29, 0.717) is 17.6 Å². The minimum atomic E-state index is -0.994. The molecule has 236 valence electrons. The second-order valence-corrected chi connectivity index (χ2v) is 17.3. The normalized spacial score (nSPS) is 44.0. The number of aliphatic hydroxyl groups is 1. The molecule has 2 spiro atoms. The highest BCUT2D eigenvalue weighted by Crippen LogP contribution is 2.77. The van der Waals surface area contributed by atoms with E-state index < -0.39 is 16.4 Å². The monoisotopic (exact) mass is 629 g/mol. The quantitative estimate of drug-likeness (QED) is 0.278. The SMILES string of the molecule is C[C@]12CC[C@H](O)CC1=CC[C@@H]1[C@@H]2CC[C@]2(C)C(=O)C3(C[C@@H]12)C(c1ccccc1)[C@@H]1CSCN1C31C(=O)c2cccc3cccc1c23. The Morgan fingerprint density at radius 3 is 2.50 bits per heavy atom. The Kier molecular flexibility index (Phi) is 5.68. The molecule has 2 aliphatic heterocycles. The van der Waals surface area contributed by atoms with Crippen LogP contribution in [-0.2, 0) is 10.3 Å². The molecule has 46 heavy (non-hydrogen) atoms. The molecular weight excluding hydrogens is 587 g/mol. The topological polar surface area (TPSA) is 57.6 Å². The number of hydrogen-bond donors (Lipinski definition) is 1. The van der Waals surface area contributed by atoms with Crippen LogP contribution in [0, 0.1) is 34.0 Å². The molecular formula is C41H43NO3S. The van der Waals surface area contributed by atoms with Gasteiger partial charge < -0.3 is 5.11 Å². The zero-order valence-corrected chi connectivity index (χ0v) is 27.7. The zero-order chi connectivity index (χ0) is 31.2. The number of allylic oxidation sites excluding steroid dienone is 1. The van der Waals surface area contributed by atoms with Crippen LogP contribution >= 0.6 is 11.8 Å². The summed E-state index contributed by atoms with van der Waals surface area (Å²) in [6.45, 7) is 4.77. The predicted octanol–water partition coefficient (Wildman–Crippen LogP) is 7.89. The van der Waals surface area contributed by atoms with E-state index in [4.69, 9.17) is 0 Å². The summed E-state index contributed by atoms with van der Waals surface area (Å²) < 4.78 is 0. The lowest BCUT2D eigenvalue weighted by atomic mass is 9.48. The molecule has 3 aromatic rings. The van der Waals surface area contributed by atoms with E-state index >= 15 is 9.59 Å². The molecule has 4 nitrogen and oxygen atoms in total. The van der Waals surface area contributed by atoms with Crippen molar-refractivity contribution in [3.8, 4) is 0 Å². The van der Waals surface area contributed by atoms with Gasteiger partial charge in [0.15, 0.2) is 5.78 Å². The molecule has 0 radical (unpaired) electrons. The van der Waals surface area contributed by atoms with E-state index in [2.05, 4.69) is 79.4 Å². The maximum atomic E-state index is 16.1. The van der Waals surface area contributed by atoms with Crippen LogP contribution < -0.4 is 0 Å². The number of ketones is 2. The van der Waals surface area contributed by atoms with Crippen molar-refractivity contribution in [2.45, 2.75) is 82.4 Å². The van der Waals surface area contributed by atoms with E-state index in [1.54, 1.807) is 0 Å². The smallest absolute Gasteiger partial charge is 0.189 e. The van der Waals surface area contributed by atoms with E-state index in [-0.39, 0.29) is 35.2 Å². The third-order valence-corrected chi connectivity index (χ3v) is 15.9. The van der Waals surface area contributed by atoms with Crippen molar-refractivity contribution in [1.82, 2.24) is 4.90 Å². The van der Waals surface area contributed by atoms with Gasteiger partial charge in [-0.2, -0.15) is 0 Å². The van der Waals surface area contributed by atoms with Gasteiger partial charge in [0.1, 0.15) is 11.3 Å². The van der Waals surface area contributed by atoms with E-state index in [0.717, 1.165) is 78.5 Å². The summed E-state index contributed by atoms with van der Waals surface area (Å²) in [5, 5.41) is 12.8. The van der Waals surface area contributed by atoms with Gasteiger partial charge >= 0.3 is 0 Å². The third-order valence-electron chi connectivity index (χ3n) is 14.9. The van der Waals surface area contributed by atoms with Crippen molar-refractivity contribution in [3.63, 3.8) is 0 Å². The van der Waals surface area contributed by atoms with Gasteiger partial charge in [-0.25, -0.2) is 0 Å². The first-order valence-corrected chi connectivity index (χ1v) is 18.8. The lowest BCUT2D eigenvalue weighted by molar-refractivity contribution is -0.141. The molecule has 3 unspecified atom stereocenters. The van der Waals surface area contributed by atoms with Crippen LogP contribution in [0.1, 0.15) is 86.2 Å². The Bertz CT molecular complexity index is 1860. The molecule has 10 atom stereocenters. The average molecular weight is 630 g/mol. The van der Waals surface area contributed by atoms with Crippen LogP contribution in [0.4, 0.5) is 0 Å². The van der Waals surface area contributed by atoms with Gasteiger partial charge in [0, 0.05) is 34.6 Å². The minimum Gasteiger partial charge on any atom is -0.393 e. The summed E-state index contributed by atoms with van der Waals surface area (Å²) in [6.07, 6.45) is 8.66. The Balaban J connectivity index is 1.23. The van der Waals surface area contributed by atoms with Gasteiger partial charge in [-0.05, 0) is 90.0 Å². The lowest BCUT2D eigenvalue weighted by Gasteiger charge is -2.56. The number of carbonyl (C=O) groups is 2. The molecule has 2 heterocycles. The van der Waals surface area contributed by atoms with Gasteiger partial charge in [0.25, 0.3) is 0 Å². The fourth-order valence-electron chi connectivity index (χ4n) is 13.1. The second-order valence-electron chi connectivity index (χ2n) is 16.3. The molecule has 2 saturated heterocycles. The Morgan fingerprint density at radius 1 is 0.891 bits per heavy atom. The van der Waals surface area contributed by atoms with Crippen LogP contribution in [0.25, 0.3) is 10.8 Å². The number of fused-ring (bicyclic) bond motifs is 9. The minimum absolute atomic E-state index is 0.0410. The summed E-state index contributed by atoms with van der Waals surface area (Å²) in [7, 11) is 0. The molecule has 1 N–H and O–H groups in total. The van der Waals surface area contributed by atoms with Crippen LogP contribution in [0.15, 0.2) is 78.4 Å². The van der Waals surface area contributed by atoms with Crippen molar-refractivity contribution < 1.29 is 14.7 Å². The highest BCUT2D eigenvalue weighted by atomic mass is 32.2. The Labute approximate surface area is 276 Å². The van der Waals surface area contributed by atoms with E-state index in [1.807, 2.05) is 23.9 Å². The third kappa shape index (κ3) is 3.04. The summed E-state index contributed by atoms with van der Waals surface area (Å²) in [5.41, 5.74) is 2.37. The summed E-state index contributed by atoms with van der Waals surface area (Å²) in [4.78, 5) is 34.2. The number of benzene rings is 3. The molecule has 3 aromatic carbocycles. The van der Waals surface area contributed by atoms with Crippen molar-refractivity contribution in [2.24, 2.45) is 34.0 Å². The van der Waals surface area contributed by atoms with Crippen LogP contribution in [-0.4, -0.2) is 45.3 Å². The number of aliphatic hydroxyl groups excluding tert-OH is 1. The average Bonchev–Trinajstić information content (AvgIpc) is 3.76. The summed E-state index contributed by atoms with van der Waals surface area (Å²) >= 11 is 1.93. The number of Topliss-reactive ketones (excluding diaryl/α,β-unsaturated/α-hetero) is 2. The fraction of sp³-hybridized carbons (Fsp3) is 0.512. The van der Waals surface area contributed by atoms with Gasteiger partial charge in [-0.3, -0.25) is 14.5 Å². The number of thioether (sulfide) groups is 1. The van der Waals surface area contributed by atoms with Crippen LogP contribution in [0.3, 0.4) is 0 Å². The predicted molar refractivity (Wildman–Crippen MR) is 183 cm³/mol. The van der Waals surface area contributed by atoms with E-state index in [1.165, 1.54) is 11.1 Å². The maximum absolute atomic E-state index is 16.1. The highest BCUT2D eigenvalue weighted by Gasteiger charge is 2.82. The zero-order valence-electron chi connectivity index (χ0n) is 26.9. The molecule has 0 aromatic heterocycles. The molecule has 0 bridgehead atoms. The van der Waals surface area contributed by atoms with Crippen molar-refractivity contribution >= 4 is 34.1 Å². The maximum Gasteiger partial charge on any atom is 0.189 e. The second kappa shape index (κ2) is 9.24. The first-order chi connectivity index (χ1) is 22.3. The van der Waals surface area contributed by atoms with E-state index in [9.17, 15) is 5.11 Å². The molecule has 0 amide bonds. The standard InChI is InChI=1S/C41H43NO3S/c1-38-18-16-27(43)20-26(38)14-15-28-30(38)17-19-39(2)32(28)21-40(37(39)45)35(25-8-4-3-5-9-25)33-22-46-23-42(33)41(40)31-13-7-11-24-10-6-12-29(34(24)31)36(41)44/h3-14,27-28,30,32-33,35,43H,15-23H2,1-2H3/t27-,28+,30-,32-,33-,35?,38-,39-,40?,41?/m0/s1. The van der Waals surface area contributed by atoms with Gasteiger partial charge in [0.2, 0.25) is 0 Å².